The molecule has 23 heavy (non-hydrogen) atoms. The van der Waals surface area contributed by atoms with E-state index in [2.05, 4.69) is 4.74 Å². The third-order valence-electron chi connectivity index (χ3n) is 2.83. The number of carbonyl (C=O) groups is 2. The Bertz CT molecular complexity index is 714. The topological polar surface area (TPSA) is 75.0 Å². The van der Waals surface area contributed by atoms with Crippen molar-refractivity contribution in [1.29, 1.82) is 0 Å². The smallest absolute Gasteiger partial charge is 0.373 e. The van der Waals surface area contributed by atoms with Crippen LogP contribution in [0.2, 0.25) is 10.0 Å². The fraction of sp³-hybridized carbons (Fsp3) is 0.200. The van der Waals surface area contributed by atoms with E-state index >= 15 is 0 Å². The second-order valence-corrected chi connectivity index (χ2v) is 5.12. The van der Waals surface area contributed by atoms with Gasteiger partial charge in [0.25, 0.3) is 0 Å². The van der Waals surface area contributed by atoms with Gasteiger partial charge in [0, 0.05) is 0 Å². The van der Waals surface area contributed by atoms with Crippen molar-refractivity contribution in [2.45, 2.75) is 6.61 Å². The molecule has 1 aromatic heterocycles. The molecule has 0 atom stereocenters. The third-order valence-corrected chi connectivity index (χ3v) is 3.39. The highest BCUT2D eigenvalue weighted by atomic mass is 35.5. The lowest BCUT2D eigenvalue weighted by Gasteiger charge is -2.08. The first-order valence-electron chi connectivity index (χ1n) is 6.33. The summed E-state index contributed by atoms with van der Waals surface area (Å²) in [7, 11) is 2.66. The molecule has 0 N–H and O–H groups in total. The molecule has 8 heteroatoms. The van der Waals surface area contributed by atoms with Crippen LogP contribution in [0.5, 0.6) is 5.75 Å². The normalized spacial score (nSPS) is 10.3. The third kappa shape index (κ3) is 3.97. The van der Waals surface area contributed by atoms with E-state index in [-0.39, 0.29) is 33.7 Å². The van der Waals surface area contributed by atoms with Crippen LogP contribution in [0.1, 0.15) is 26.7 Å². The molecule has 1 aromatic carbocycles. The summed E-state index contributed by atoms with van der Waals surface area (Å²) in [6.07, 6.45) is 0. The SMILES string of the molecule is COC(=O)c1ccc(COC(=O)c2cc(Cl)c(OC)c(Cl)c2)o1. The van der Waals surface area contributed by atoms with Crippen molar-refractivity contribution in [2.24, 2.45) is 0 Å². The Morgan fingerprint density at radius 1 is 1.09 bits per heavy atom. The van der Waals surface area contributed by atoms with Crippen molar-refractivity contribution < 1.29 is 28.2 Å². The molecule has 0 bridgehead atoms. The van der Waals surface area contributed by atoms with Crippen molar-refractivity contribution >= 4 is 35.1 Å². The van der Waals surface area contributed by atoms with Crippen LogP contribution in [0.4, 0.5) is 0 Å². The molecule has 0 aliphatic carbocycles. The van der Waals surface area contributed by atoms with Gasteiger partial charge < -0.3 is 18.6 Å². The summed E-state index contributed by atoms with van der Waals surface area (Å²) in [5.41, 5.74) is 0.167. The van der Waals surface area contributed by atoms with Crippen LogP contribution in [-0.4, -0.2) is 26.2 Å². The predicted octanol–water partition coefficient (Wildman–Crippen LogP) is 3.74. The van der Waals surface area contributed by atoms with Crippen molar-refractivity contribution in [2.75, 3.05) is 14.2 Å². The summed E-state index contributed by atoms with van der Waals surface area (Å²) in [5.74, 6) is -0.666. The minimum absolute atomic E-state index is 0.0223. The highest BCUT2D eigenvalue weighted by molar-refractivity contribution is 6.37. The largest absolute Gasteiger partial charge is 0.494 e. The van der Waals surface area contributed by atoms with E-state index in [1.165, 1.54) is 38.5 Å². The van der Waals surface area contributed by atoms with Gasteiger partial charge in [0.15, 0.2) is 5.75 Å². The van der Waals surface area contributed by atoms with E-state index in [4.69, 9.17) is 37.1 Å². The van der Waals surface area contributed by atoms with Crippen LogP contribution in [0, 0.1) is 0 Å². The van der Waals surface area contributed by atoms with Gasteiger partial charge in [-0.1, -0.05) is 23.2 Å². The summed E-state index contributed by atoms with van der Waals surface area (Å²) in [4.78, 5) is 23.3. The lowest BCUT2D eigenvalue weighted by molar-refractivity contribution is 0.0438. The number of furan rings is 1. The molecule has 1 heterocycles. The second kappa shape index (κ2) is 7.39. The molecule has 0 spiro atoms. The number of halogens is 2. The first kappa shape index (κ1) is 17.2. The molecule has 0 saturated heterocycles. The van der Waals surface area contributed by atoms with E-state index in [0.717, 1.165) is 0 Å². The maximum absolute atomic E-state index is 12.0. The van der Waals surface area contributed by atoms with Crippen molar-refractivity contribution in [3.05, 3.63) is 51.4 Å². The zero-order valence-corrected chi connectivity index (χ0v) is 13.7. The number of carbonyl (C=O) groups excluding carboxylic acids is 2. The van der Waals surface area contributed by atoms with E-state index in [9.17, 15) is 9.59 Å². The van der Waals surface area contributed by atoms with Gasteiger partial charge >= 0.3 is 11.9 Å². The standard InChI is InChI=1S/C15H12Cl2O6/c1-20-13-10(16)5-8(6-11(13)17)14(18)22-7-9-3-4-12(23-9)15(19)21-2/h3-6H,7H2,1-2H3. The average Bonchev–Trinajstić information content (AvgIpc) is 3.00. The highest BCUT2D eigenvalue weighted by Gasteiger charge is 2.16. The van der Waals surface area contributed by atoms with Crippen molar-refractivity contribution in [3.8, 4) is 5.75 Å². The molecule has 0 unspecified atom stereocenters. The minimum Gasteiger partial charge on any atom is -0.494 e. The summed E-state index contributed by atoms with van der Waals surface area (Å²) >= 11 is 11.9. The van der Waals surface area contributed by atoms with Crippen molar-refractivity contribution in [3.63, 3.8) is 0 Å². The molecule has 0 aliphatic rings. The Morgan fingerprint density at radius 3 is 2.30 bits per heavy atom. The number of rotatable bonds is 5. The Hall–Kier alpha value is -2.18. The molecule has 0 saturated carbocycles. The Labute approximate surface area is 141 Å². The highest BCUT2D eigenvalue weighted by Crippen LogP contribution is 2.34. The van der Waals surface area contributed by atoms with Crippen LogP contribution in [0.3, 0.4) is 0 Å². The molecule has 0 amide bonds. The molecule has 2 rings (SSSR count). The molecule has 0 fully saturated rings. The van der Waals surface area contributed by atoms with E-state index < -0.39 is 11.9 Å². The maximum atomic E-state index is 12.0. The zero-order chi connectivity index (χ0) is 17.0. The molecule has 0 radical (unpaired) electrons. The Balaban J connectivity index is 2.05. The zero-order valence-electron chi connectivity index (χ0n) is 12.2. The maximum Gasteiger partial charge on any atom is 0.373 e. The molecule has 0 aliphatic heterocycles. The number of benzene rings is 1. The van der Waals surface area contributed by atoms with Gasteiger partial charge in [-0.25, -0.2) is 9.59 Å². The van der Waals surface area contributed by atoms with Gasteiger partial charge in [-0.2, -0.15) is 0 Å². The first-order chi connectivity index (χ1) is 11.0. The summed E-state index contributed by atoms with van der Waals surface area (Å²) in [5, 5.41) is 0.385. The van der Waals surface area contributed by atoms with E-state index in [0.29, 0.717) is 5.76 Å². The van der Waals surface area contributed by atoms with E-state index in [1.807, 2.05) is 0 Å². The van der Waals surface area contributed by atoms with Crippen LogP contribution < -0.4 is 4.74 Å². The lowest BCUT2D eigenvalue weighted by atomic mass is 10.2. The molecular formula is C15H12Cl2O6. The number of methoxy groups -OCH3 is 2. The van der Waals surface area contributed by atoms with Gasteiger partial charge in [0.1, 0.15) is 12.4 Å². The van der Waals surface area contributed by atoms with E-state index in [1.54, 1.807) is 0 Å². The molecule has 2 aromatic rings. The summed E-state index contributed by atoms with van der Waals surface area (Å²) in [6.45, 7) is -0.156. The van der Waals surface area contributed by atoms with Crippen molar-refractivity contribution in [1.82, 2.24) is 0 Å². The fourth-order valence-corrected chi connectivity index (χ4v) is 2.40. The van der Waals surface area contributed by atoms with Crippen LogP contribution in [-0.2, 0) is 16.1 Å². The Morgan fingerprint density at radius 2 is 1.74 bits per heavy atom. The Kier molecular flexibility index (Phi) is 5.52. The van der Waals surface area contributed by atoms with Gasteiger partial charge in [0.05, 0.1) is 29.8 Å². The number of hydrogen-bond donors (Lipinski definition) is 0. The first-order valence-corrected chi connectivity index (χ1v) is 7.09. The second-order valence-electron chi connectivity index (χ2n) is 4.31. The molecular weight excluding hydrogens is 347 g/mol. The number of hydrogen-bond acceptors (Lipinski definition) is 6. The minimum atomic E-state index is -0.646. The quantitative estimate of drug-likeness (QED) is 0.757. The van der Waals surface area contributed by atoms with Gasteiger partial charge in [-0.05, 0) is 24.3 Å². The number of esters is 2. The van der Waals surface area contributed by atoms with Crippen LogP contribution in [0.25, 0.3) is 0 Å². The average molecular weight is 359 g/mol. The van der Waals surface area contributed by atoms with Crippen LogP contribution in [0.15, 0.2) is 28.7 Å². The van der Waals surface area contributed by atoms with Gasteiger partial charge in [-0.15, -0.1) is 0 Å². The monoisotopic (exact) mass is 358 g/mol. The predicted molar refractivity (Wildman–Crippen MR) is 82.2 cm³/mol. The fourth-order valence-electron chi connectivity index (χ4n) is 1.76. The summed E-state index contributed by atoms with van der Waals surface area (Å²) in [6, 6.07) is 5.71. The summed E-state index contributed by atoms with van der Waals surface area (Å²) < 4.78 is 19.8. The lowest BCUT2D eigenvalue weighted by Crippen LogP contribution is -2.05. The van der Waals surface area contributed by atoms with Gasteiger partial charge in [0.2, 0.25) is 5.76 Å². The number of ether oxygens (including phenoxy) is 3. The van der Waals surface area contributed by atoms with Crippen LogP contribution >= 0.6 is 23.2 Å². The molecule has 6 nitrogen and oxygen atoms in total. The van der Waals surface area contributed by atoms with Gasteiger partial charge in [-0.3, -0.25) is 0 Å². The molecule has 122 valence electrons.